The molecule has 1 aromatic heterocycles. The monoisotopic (exact) mass is 259 g/mol. The van der Waals surface area contributed by atoms with Crippen molar-refractivity contribution in [1.29, 1.82) is 0 Å². The van der Waals surface area contributed by atoms with E-state index in [4.69, 9.17) is 11.5 Å². The summed E-state index contributed by atoms with van der Waals surface area (Å²) in [5.41, 5.74) is 14.3. The predicted molar refractivity (Wildman–Crippen MR) is 82.5 cm³/mol. The molecule has 19 heavy (non-hydrogen) atoms. The second-order valence-corrected chi connectivity index (χ2v) is 3.84. The number of aromatic nitrogens is 2. The van der Waals surface area contributed by atoms with Crippen LogP contribution in [-0.4, -0.2) is 17.0 Å². The molecule has 0 radical (unpaired) electrons. The zero-order valence-electron chi connectivity index (χ0n) is 11.9. The summed E-state index contributed by atoms with van der Waals surface area (Å²) in [7, 11) is 1.84. The van der Waals surface area contributed by atoms with Crippen molar-refractivity contribution in [3.63, 3.8) is 0 Å². The van der Waals surface area contributed by atoms with Gasteiger partial charge in [0, 0.05) is 12.4 Å². The first-order valence-electron chi connectivity index (χ1n) is 6.29. The zero-order valence-corrected chi connectivity index (χ0v) is 11.9. The molecule has 0 saturated heterocycles. The van der Waals surface area contributed by atoms with Gasteiger partial charge < -0.3 is 16.8 Å². The molecule has 5 N–H and O–H groups in total. The third-order valence-electron chi connectivity index (χ3n) is 2.45. The van der Waals surface area contributed by atoms with E-state index in [2.05, 4.69) is 15.3 Å². The molecule has 0 fully saturated rings. The highest BCUT2D eigenvalue weighted by Gasteiger charge is 2.07. The lowest BCUT2D eigenvalue weighted by atomic mass is 10.1. The molecule has 0 unspecified atom stereocenters. The molecule has 0 aliphatic rings. The van der Waals surface area contributed by atoms with Crippen molar-refractivity contribution < 1.29 is 0 Å². The van der Waals surface area contributed by atoms with Crippen LogP contribution >= 0.6 is 0 Å². The van der Waals surface area contributed by atoms with Crippen molar-refractivity contribution in [3.8, 4) is 0 Å². The molecule has 5 heteroatoms. The lowest BCUT2D eigenvalue weighted by Crippen LogP contribution is -2.02. The van der Waals surface area contributed by atoms with E-state index in [-0.39, 0.29) is 5.95 Å². The number of aryl methyl sites for hydroxylation is 1. The van der Waals surface area contributed by atoms with E-state index in [1.165, 1.54) is 0 Å². The first-order chi connectivity index (χ1) is 9.11. The Balaban J connectivity index is 0.000000861. The summed E-state index contributed by atoms with van der Waals surface area (Å²) >= 11 is 0. The van der Waals surface area contributed by atoms with Gasteiger partial charge in [-0.2, -0.15) is 4.98 Å². The van der Waals surface area contributed by atoms with E-state index in [0.29, 0.717) is 5.82 Å². The topological polar surface area (TPSA) is 89.8 Å². The van der Waals surface area contributed by atoms with E-state index >= 15 is 0 Å². The minimum absolute atomic E-state index is 0.198. The van der Waals surface area contributed by atoms with Gasteiger partial charge >= 0.3 is 0 Å². The molecule has 102 valence electrons. The van der Waals surface area contributed by atoms with Crippen molar-refractivity contribution in [1.82, 2.24) is 15.3 Å². The minimum Gasteiger partial charge on any atom is -0.394 e. The highest BCUT2D eigenvalue weighted by molar-refractivity contribution is 5.96. The number of nitrogens with one attached hydrogen (secondary N) is 1. The van der Waals surface area contributed by atoms with Crippen molar-refractivity contribution in [2.45, 2.75) is 20.8 Å². The Morgan fingerprint density at radius 2 is 1.84 bits per heavy atom. The molecule has 1 aromatic carbocycles. The minimum atomic E-state index is 0.198. The van der Waals surface area contributed by atoms with Crippen LogP contribution in [0.4, 0.5) is 11.8 Å². The molecule has 2 aromatic rings. The van der Waals surface area contributed by atoms with Crippen molar-refractivity contribution >= 4 is 28.7 Å². The van der Waals surface area contributed by atoms with Crippen LogP contribution in [-0.2, 0) is 0 Å². The van der Waals surface area contributed by atoms with Gasteiger partial charge in [0.15, 0.2) is 0 Å². The zero-order chi connectivity index (χ0) is 14.4. The molecule has 0 amide bonds. The summed E-state index contributed by atoms with van der Waals surface area (Å²) in [5, 5.41) is 3.77. The summed E-state index contributed by atoms with van der Waals surface area (Å²) in [4.78, 5) is 8.19. The fraction of sp³-hybridized carbons (Fsp3) is 0.286. The van der Waals surface area contributed by atoms with E-state index in [9.17, 15) is 0 Å². The molecular weight excluding hydrogens is 238 g/mol. The van der Waals surface area contributed by atoms with Crippen molar-refractivity contribution in [2.75, 3.05) is 18.5 Å². The number of hydrogen-bond donors (Lipinski definition) is 3. The van der Waals surface area contributed by atoms with Gasteiger partial charge in [-0.05, 0) is 36.4 Å². The fourth-order valence-electron chi connectivity index (χ4n) is 1.79. The van der Waals surface area contributed by atoms with Gasteiger partial charge in [0.05, 0.1) is 5.52 Å². The Hall–Kier alpha value is -2.30. The van der Waals surface area contributed by atoms with Gasteiger partial charge in [-0.1, -0.05) is 19.9 Å². The lowest BCUT2D eigenvalue weighted by molar-refractivity contribution is 1.11. The van der Waals surface area contributed by atoms with Gasteiger partial charge in [-0.15, -0.1) is 0 Å². The molecule has 0 bridgehead atoms. The smallest absolute Gasteiger partial charge is 0.222 e. The van der Waals surface area contributed by atoms with Crippen LogP contribution in [0.3, 0.4) is 0 Å². The molecule has 2 rings (SSSR count). The molecule has 0 aliphatic heterocycles. The average Bonchev–Trinajstić information content (AvgIpc) is 2.37. The Morgan fingerprint density at radius 3 is 2.47 bits per heavy atom. The van der Waals surface area contributed by atoms with Gasteiger partial charge in [0.1, 0.15) is 5.82 Å². The number of fused-ring (bicyclic) bond motifs is 1. The van der Waals surface area contributed by atoms with Crippen LogP contribution < -0.4 is 16.8 Å². The normalized spacial score (nSPS) is 10.3. The highest BCUT2D eigenvalue weighted by atomic mass is 15.0. The number of anilines is 2. The van der Waals surface area contributed by atoms with E-state index in [0.717, 1.165) is 22.0 Å². The number of benzene rings is 1. The van der Waals surface area contributed by atoms with Crippen LogP contribution in [0.1, 0.15) is 25.0 Å². The maximum absolute atomic E-state index is 5.89. The summed E-state index contributed by atoms with van der Waals surface area (Å²) in [6, 6.07) is 3.98. The predicted octanol–water partition coefficient (Wildman–Crippen LogP) is 2.32. The van der Waals surface area contributed by atoms with Crippen LogP contribution in [0.5, 0.6) is 0 Å². The second kappa shape index (κ2) is 6.58. The van der Waals surface area contributed by atoms with Crippen LogP contribution in [0.2, 0.25) is 0 Å². The van der Waals surface area contributed by atoms with E-state index < -0.39 is 0 Å². The molecular formula is C14H21N5. The number of hydrogen-bond acceptors (Lipinski definition) is 5. The summed E-state index contributed by atoms with van der Waals surface area (Å²) in [6.45, 7) is 6.00. The third kappa shape index (κ3) is 3.34. The fourth-order valence-corrected chi connectivity index (χ4v) is 1.79. The number of nitrogens with two attached hydrogens (primary N) is 2. The average molecular weight is 259 g/mol. The second-order valence-electron chi connectivity index (χ2n) is 3.84. The Morgan fingerprint density at radius 1 is 1.16 bits per heavy atom. The Kier molecular flexibility index (Phi) is 5.11. The maximum atomic E-state index is 5.89. The molecule has 1 heterocycles. The van der Waals surface area contributed by atoms with E-state index in [1.54, 1.807) is 0 Å². The van der Waals surface area contributed by atoms with Crippen LogP contribution in [0, 0.1) is 6.92 Å². The Labute approximate surface area is 113 Å². The van der Waals surface area contributed by atoms with Gasteiger partial charge in [-0.25, -0.2) is 4.98 Å². The van der Waals surface area contributed by atoms with E-state index in [1.807, 2.05) is 52.2 Å². The quantitative estimate of drug-likeness (QED) is 0.770. The molecule has 0 spiro atoms. The standard InChI is InChI=1S/C12H15N5.C2H6/c1-7-5-8(3-4-15-2)10-9(6-7)16-12(14)17-11(10)13;1-2/h3-6,15H,1-2H3,(H4,13,14,16,17);1-2H3/b4-3-;. The van der Waals surface area contributed by atoms with Crippen LogP contribution in [0.25, 0.3) is 17.0 Å². The number of nitrogen functional groups attached to an aromatic ring is 2. The lowest BCUT2D eigenvalue weighted by Gasteiger charge is -2.07. The largest absolute Gasteiger partial charge is 0.394 e. The van der Waals surface area contributed by atoms with Crippen LogP contribution in [0.15, 0.2) is 18.3 Å². The summed E-state index contributed by atoms with van der Waals surface area (Å²) in [6.07, 6.45) is 3.77. The third-order valence-corrected chi connectivity index (χ3v) is 2.45. The molecule has 0 atom stereocenters. The van der Waals surface area contributed by atoms with Crippen molar-refractivity contribution in [3.05, 3.63) is 29.5 Å². The maximum Gasteiger partial charge on any atom is 0.222 e. The van der Waals surface area contributed by atoms with Gasteiger partial charge in [-0.3, -0.25) is 0 Å². The highest BCUT2D eigenvalue weighted by Crippen LogP contribution is 2.25. The number of rotatable bonds is 2. The Bertz CT molecular complexity index is 585. The van der Waals surface area contributed by atoms with Gasteiger partial charge in [0.25, 0.3) is 0 Å². The first kappa shape index (κ1) is 14.8. The summed E-state index contributed by atoms with van der Waals surface area (Å²) in [5.74, 6) is 0.604. The molecule has 0 saturated carbocycles. The number of nitrogens with zero attached hydrogens (tertiary/aromatic N) is 2. The molecule has 0 aliphatic carbocycles. The summed E-state index contributed by atoms with van der Waals surface area (Å²) < 4.78 is 0. The van der Waals surface area contributed by atoms with Gasteiger partial charge in [0.2, 0.25) is 5.95 Å². The first-order valence-corrected chi connectivity index (χ1v) is 6.29. The SMILES string of the molecule is CC.CN/C=C\c1cc(C)cc2nc(N)nc(N)c12. The molecule has 5 nitrogen and oxygen atoms in total. The van der Waals surface area contributed by atoms with Crippen molar-refractivity contribution in [2.24, 2.45) is 0 Å².